The van der Waals surface area contributed by atoms with Crippen molar-refractivity contribution < 1.29 is 23.6 Å². The van der Waals surface area contributed by atoms with Gasteiger partial charge in [-0.1, -0.05) is 11.6 Å². The minimum absolute atomic E-state index is 0.0413. The third-order valence-corrected chi connectivity index (χ3v) is 5.31. The molecule has 0 atom stereocenters. The smallest absolute Gasteiger partial charge is 0.290 e. The lowest BCUT2D eigenvalue weighted by atomic mass is 10.1. The Kier molecular flexibility index (Phi) is 6.19. The molecule has 0 saturated heterocycles. The van der Waals surface area contributed by atoms with Gasteiger partial charge in [0.15, 0.2) is 11.5 Å². The van der Waals surface area contributed by atoms with E-state index in [1.165, 1.54) is 12.1 Å². The molecule has 0 fully saturated rings. The Morgan fingerprint density at radius 1 is 0.909 bits per heavy atom. The van der Waals surface area contributed by atoms with Crippen molar-refractivity contribution >= 4 is 33.9 Å². The minimum Gasteiger partial charge on any atom is -0.497 e. The number of nitro benzene ring substituents is 1. The summed E-state index contributed by atoms with van der Waals surface area (Å²) in [5, 5.41) is 12.6. The van der Waals surface area contributed by atoms with Crippen LogP contribution in [0.1, 0.15) is 0 Å². The Labute approximate surface area is 193 Å². The topological polar surface area (TPSA) is 96.3 Å². The number of halogens is 1. The molecule has 0 N–H and O–H groups in total. The maximum atomic E-state index is 11.3. The molecule has 3 aromatic carbocycles. The second kappa shape index (κ2) is 9.22. The van der Waals surface area contributed by atoms with Gasteiger partial charge < -0.3 is 18.6 Å². The van der Waals surface area contributed by atoms with Crippen LogP contribution in [0.25, 0.3) is 22.3 Å². The van der Waals surface area contributed by atoms with Crippen molar-refractivity contribution in [3.8, 4) is 28.6 Å². The number of hydrogen-bond donors (Lipinski definition) is 0. The zero-order chi connectivity index (χ0) is 23.5. The predicted molar refractivity (Wildman–Crippen MR) is 125 cm³/mol. The summed E-state index contributed by atoms with van der Waals surface area (Å²) in [6.45, 7) is 0. The van der Waals surface area contributed by atoms with Crippen molar-refractivity contribution in [3.05, 3.63) is 81.2 Å². The highest BCUT2D eigenvalue weighted by Crippen LogP contribution is 2.33. The minimum atomic E-state index is -0.544. The maximum absolute atomic E-state index is 11.3. The Bertz CT molecular complexity index is 1430. The number of nitro groups is 1. The fourth-order valence-electron chi connectivity index (χ4n) is 3.35. The van der Waals surface area contributed by atoms with Crippen molar-refractivity contribution in [3.63, 3.8) is 0 Å². The van der Waals surface area contributed by atoms with Crippen molar-refractivity contribution in [1.29, 1.82) is 0 Å². The number of methoxy groups -OCH3 is 3. The summed E-state index contributed by atoms with van der Waals surface area (Å²) < 4.78 is 22.2. The van der Waals surface area contributed by atoms with Crippen LogP contribution in [-0.2, 0) is 0 Å². The van der Waals surface area contributed by atoms with Crippen LogP contribution < -0.4 is 19.6 Å². The van der Waals surface area contributed by atoms with E-state index in [4.69, 9.17) is 30.2 Å². The molecule has 0 aliphatic carbocycles. The van der Waals surface area contributed by atoms with Crippen LogP contribution in [-0.4, -0.2) is 26.3 Å². The highest BCUT2D eigenvalue weighted by molar-refractivity contribution is 6.32. The molecule has 8 nitrogen and oxygen atoms in total. The summed E-state index contributed by atoms with van der Waals surface area (Å²) in [5.41, 5.74) is 1.45. The van der Waals surface area contributed by atoms with Crippen molar-refractivity contribution in [2.45, 2.75) is 0 Å². The number of nitrogens with zero attached hydrogens (tertiary/aromatic N) is 2. The predicted octanol–water partition coefficient (Wildman–Crippen LogP) is 5.92. The van der Waals surface area contributed by atoms with E-state index in [2.05, 4.69) is 4.99 Å². The van der Waals surface area contributed by atoms with Gasteiger partial charge in [0.05, 0.1) is 37.3 Å². The Balaban J connectivity index is 1.97. The molecule has 1 heterocycles. The molecule has 0 aliphatic rings. The fourth-order valence-corrected chi connectivity index (χ4v) is 3.54. The molecule has 33 heavy (non-hydrogen) atoms. The van der Waals surface area contributed by atoms with Crippen LogP contribution in [0, 0.1) is 10.1 Å². The zero-order valence-electron chi connectivity index (χ0n) is 18.0. The first kappa shape index (κ1) is 22.2. The van der Waals surface area contributed by atoms with E-state index in [9.17, 15) is 10.1 Å². The molecule has 168 valence electrons. The summed E-state index contributed by atoms with van der Waals surface area (Å²) in [6.07, 6.45) is 0. The lowest BCUT2D eigenvalue weighted by Crippen LogP contribution is -2.04. The van der Waals surface area contributed by atoms with Gasteiger partial charge in [0, 0.05) is 23.1 Å². The Morgan fingerprint density at radius 3 is 2.39 bits per heavy atom. The van der Waals surface area contributed by atoms with Gasteiger partial charge in [-0.2, -0.15) is 0 Å². The summed E-state index contributed by atoms with van der Waals surface area (Å²) in [4.78, 5) is 15.4. The van der Waals surface area contributed by atoms with E-state index in [0.29, 0.717) is 45.0 Å². The van der Waals surface area contributed by atoms with Crippen LogP contribution in [0.4, 0.5) is 11.4 Å². The van der Waals surface area contributed by atoms with Crippen molar-refractivity contribution in [2.75, 3.05) is 21.3 Å². The normalized spacial score (nSPS) is 11.5. The lowest BCUT2D eigenvalue weighted by molar-refractivity contribution is -0.384. The van der Waals surface area contributed by atoms with Crippen LogP contribution in [0.3, 0.4) is 0 Å². The number of ether oxygens (including phenoxy) is 3. The maximum Gasteiger partial charge on any atom is 0.290 e. The monoisotopic (exact) mass is 466 g/mol. The summed E-state index contributed by atoms with van der Waals surface area (Å²) in [5.74, 6) is 2.28. The lowest BCUT2D eigenvalue weighted by Gasteiger charge is -2.10. The Morgan fingerprint density at radius 2 is 1.70 bits per heavy atom. The molecule has 0 radical (unpaired) electrons. The van der Waals surface area contributed by atoms with Crippen molar-refractivity contribution in [2.24, 2.45) is 4.99 Å². The van der Waals surface area contributed by atoms with Gasteiger partial charge >= 0.3 is 0 Å². The van der Waals surface area contributed by atoms with Crippen molar-refractivity contribution in [1.82, 2.24) is 0 Å². The molecule has 9 heteroatoms. The zero-order valence-corrected chi connectivity index (χ0v) is 18.8. The van der Waals surface area contributed by atoms with Gasteiger partial charge in [-0.05, 0) is 48.5 Å². The quantitative estimate of drug-likeness (QED) is 0.258. The molecule has 4 rings (SSSR count). The number of benzene rings is 3. The first-order valence-electron chi connectivity index (χ1n) is 9.76. The highest BCUT2D eigenvalue weighted by Gasteiger charge is 2.14. The average molecular weight is 467 g/mol. The van der Waals surface area contributed by atoms with Crippen LogP contribution >= 0.6 is 11.6 Å². The largest absolute Gasteiger partial charge is 0.497 e. The number of hydrogen-bond acceptors (Lipinski definition) is 7. The van der Waals surface area contributed by atoms with E-state index in [1.54, 1.807) is 63.8 Å². The molecule has 0 saturated carbocycles. The third kappa shape index (κ3) is 4.47. The van der Waals surface area contributed by atoms with Gasteiger partial charge in [-0.15, -0.1) is 0 Å². The SMILES string of the molecule is COc1ccc2oc(-c3ccc(OC)c(OC)c3)cc(=Nc3ccc(Cl)c([N+](=O)[O-])c3)c2c1. The highest BCUT2D eigenvalue weighted by atomic mass is 35.5. The van der Waals surface area contributed by atoms with Crippen LogP contribution in [0.2, 0.25) is 5.02 Å². The Hall–Kier alpha value is -4.04. The molecular formula is C24H19ClN2O6. The first-order valence-corrected chi connectivity index (χ1v) is 10.1. The second-order valence-electron chi connectivity index (χ2n) is 6.93. The van der Waals surface area contributed by atoms with Crippen LogP contribution in [0.5, 0.6) is 17.2 Å². The van der Waals surface area contributed by atoms with E-state index >= 15 is 0 Å². The van der Waals surface area contributed by atoms with E-state index in [1.807, 2.05) is 6.07 Å². The first-order chi connectivity index (χ1) is 15.9. The van der Waals surface area contributed by atoms with Crippen LogP contribution in [0.15, 0.2) is 70.1 Å². The summed E-state index contributed by atoms with van der Waals surface area (Å²) in [6, 6.07) is 16.9. The molecule has 0 aliphatic heterocycles. The molecule has 0 unspecified atom stereocenters. The standard InChI is InChI=1S/C24H19ClN2O6/c1-30-16-6-9-21-17(12-16)19(26-15-5-7-18(25)20(11-15)27(28)29)13-23(33-21)14-4-8-22(31-2)24(10-14)32-3/h4-13H,1-3H3. The third-order valence-electron chi connectivity index (χ3n) is 4.99. The van der Waals surface area contributed by atoms with Gasteiger partial charge in [0.1, 0.15) is 22.1 Å². The summed E-state index contributed by atoms with van der Waals surface area (Å²) in [7, 11) is 4.68. The van der Waals surface area contributed by atoms with E-state index in [0.717, 1.165) is 5.56 Å². The fraction of sp³-hybridized carbons (Fsp3) is 0.125. The summed E-state index contributed by atoms with van der Waals surface area (Å²) >= 11 is 5.95. The number of fused-ring (bicyclic) bond motifs is 1. The molecule has 0 spiro atoms. The van der Waals surface area contributed by atoms with E-state index in [-0.39, 0.29) is 10.7 Å². The molecule has 1 aromatic heterocycles. The average Bonchev–Trinajstić information content (AvgIpc) is 2.84. The van der Waals surface area contributed by atoms with Gasteiger partial charge in [0.25, 0.3) is 5.69 Å². The molecule has 4 aromatic rings. The van der Waals surface area contributed by atoms with E-state index < -0.39 is 4.92 Å². The molecule has 0 bridgehead atoms. The van der Waals surface area contributed by atoms with Gasteiger partial charge in [-0.3, -0.25) is 10.1 Å². The molecular weight excluding hydrogens is 448 g/mol. The molecule has 0 amide bonds. The second-order valence-corrected chi connectivity index (χ2v) is 7.34. The van der Waals surface area contributed by atoms with Gasteiger partial charge in [0.2, 0.25) is 0 Å². The van der Waals surface area contributed by atoms with Gasteiger partial charge in [-0.25, -0.2) is 4.99 Å². The number of rotatable bonds is 6.